The highest BCUT2D eigenvalue weighted by Crippen LogP contribution is 2.22. The topological polar surface area (TPSA) is 61.4 Å². The number of hydrogen-bond acceptors (Lipinski definition) is 2. The zero-order chi connectivity index (χ0) is 14.3. The van der Waals surface area contributed by atoms with E-state index in [1.54, 1.807) is 0 Å². The molecule has 1 atom stereocenters. The number of amides is 2. The fourth-order valence-electron chi connectivity index (χ4n) is 2.04. The summed E-state index contributed by atoms with van der Waals surface area (Å²) in [5.41, 5.74) is 3.20. The maximum Gasteiger partial charge on any atom is 0.319 e. The van der Waals surface area contributed by atoms with E-state index in [2.05, 4.69) is 24.5 Å². The minimum atomic E-state index is -0.212. The predicted octanol–water partition coefficient (Wildman–Crippen LogP) is 2.70. The minimum Gasteiger partial charge on any atom is -0.396 e. The number of carbonyl (C=O) groups excluding carboxylic acids is 1. The number of para-hydroxylation sites is 1. The summed E-state index contributed by atoms with van der Waals surface area (Å²) in [6.45, 7) is 6.11. The molecule has 1 aromatic carbocycles. The first-order chi connectivity index (χ1) is 9.12. The van der Waals surface area contributed by atoms with Crippen molar-refractivity contribution >= 4 is 11.7 Å². The second kappa shape index (κ2) is 7.79. The van der Waals surface area contributed by atoms with Crippen LogP contribution in [0.3, 0.4) is 0 Å². The summed E-state index contributed by atoms with van der Waals surface area (Å²) in [7, 11) is 0. The summed E-state index contributed by atoms with van der Waals surface area (Å²) >= 11 is 0. The van der Waals surface area contributed by atoms with Crippen molar-refractivity contribution in [2.24, 2.45) is 0 Å². The molecule has 0 heterocycles. The average Bonchev–Trinajstić information content (AvgIpc) is 2.39. The Hall–Kier alpha value is -1.55. The van der Waals surface area contributed by atoms with E-state index in [0.717, 1.165) is 29.7 Å². The van der Waals surface area contributed by atoms with Gasteiger partial charge in [0.1, 0.15) is 0 Å². The van der Waals surface area contributed by atoms with Crippen LogP contribution in [0, 0.1) is 0 Å². The number of carbonyl (C=O) groups is 1. The van der Waals surface area contributed by atoms with Gasteiger partial charge in [-0.1, -0.05) is 32.0 Å². The number of hydrogen-bond donors (Lipinski definition) is 3. The van der Waals surface area contributed by atoms with Crippen LogP contribution in [0.15, 0.2) is 18.2 Å². The summed E-state index contributed by atoms with van der Waals surface area (Å²) in [4.78, 5) is 11.9. The number of anilines is 1. The van der Waals surface area contributed by atoms with Crippen molar-refractivity contribution in [3.63, 3.8) is 0 Å². The van der Waals surface area contributed by atoms with Crippen LogP contribution in [0.5, 0.6) is 0 Å². The first kappa shape index (κ1) is 15.5. The van der Waals surface area contributed by atoms with Crippen LogP contribution < -0.4 is 10.6 Å². The summed E-state index contributed by atoms with van der Waals surface area (Å²) < 4.78 is 0. The molecule has 4 nitrogen and oxygen atoms in total. The van der Waals surface area contributed by atoms with E-state index in [1.165, 1.54) is 0 Å². The molecule has 0 unspecified atom stereocenters. The van der Waals surface area contributed by atoms with Gasteiger partial charge in [0, 0.05) is 18.3 Å². The monoisotopic (exact) mass is 264 g/mol. The Labute approximate surface area is 115 Å². The fraction of sp³-hybridized carbons (Fsp3) is 0.533. The summed E-state index contributed by atoms with van der Waals surface area (Å²) in [6.07, 6.45) is 2.33. The third-order valence-electron chi connectivity index (χ3n) is 3.18. The molecular weight excluding hydrogens is 240 g/mol. The molecule has 106 valence electrons. The van der Waals surface area contributed by atoms with Crippen molar-refractivity contribution in [2.75, 3.05) is 11.9 Å². The lowest BCUT2D eigenvalue weighted by Crippen LogP contribution is -2.37. The molecule has 1 rings (SSSR count). The average molecular weight is 264 g/mol. The maximum absolute atomic E-state index is 11.9. The summed E-state index contributed by atoms with van der Waals surface area (Å²) in [5, 5.41) is 14.6. The standard InChI is InChI=1S/C15H24N2O2/c1-4-12-7-6-8-13(5-2)14(12)17-15(19)16-11(3)9-10-18/h6-8,11,18H,4-5,9-10H2,1-3H3,(H2,16,17,19)/t11-/m1/s1. The molecule has 0 aliphatic heterocycles. The summed E-state index contributed by atoms with van der Waals surface area (Å²) in [5.74, 6) is 0. The Morgan fingerprint density at radius 3 is 2.32 bits per heavy atom. The van der Waals surface area contributed by atoms with Crippen molar-refractivity contribution in [3.05, 3.63) is 29.3 Å². The summed E-state index contributed by atoms with van der Waals surface area (Å²) in [6, 6.07) is 5.84. The molecule has 3 N–H and O–H groups in total. The maximum atomic E-state index is 11.9. The number of nitrogens with one attached hydrogen (secondary N) is 2. The molecule has 0 aliphatic carbocycles. The first-order valence-corrected chi connectivity index (χ1v) is 6.91. The molecule has 0 aliphatic rings. The van der Waals surface area contributed by atoms with Gasteiger partial charge in [-0.05, 0) is 37.3 Å². The van der Waals surface area contributed by atoms with Crippen molar-refractivity contribution in [1.29, 1.82) is 0 Å². The van der Waals surface area contributed by atoms with Gasteiger partial charge in [0.25, 0.3) is 0 Å². The van der Waals surface area contributed by atoms with Crippen molar-refractivity contribution < 1.29 is 9.90 Å². The first-order valence-electron chi connectivity index (χ1n) is 6.91. The van der Waals surface area contributed by atoms with E-state index in [0.29, 0.717) is 6.42 Å². The van der Waals surface area contributed by atoms with E-state index in [4.69, 9.17) is 5.11 Å². The molecule has 0 aromatic heterocycles. The van der Waals surface area contributed by atoms with Gasteiger partial charge in [-0.25, -0.2) is 4.79 Å². The molecule has 0 fully saturated rings. The second-order valence-corrected chi connectivity index (χ2v) is 4.67. The lowest BCUT2D eigenvalue weighted by atomic mass is 10.0. The van der Waals surface area contributed by atoms with Crippen molar-refractivity contribution in [3.8, 4) is 0 Å². The third-order valence-corrected chi connectivity index (χ3v) is 3.18. The largest absolute Gasteiger partial charge is 0.396 e. The molecule has 4 heteroatoms. The quantitative estimate of drug-likeness (QED) is 0.740. The van der Waals surface area contributed by atoms with Crippen LogP contribution in [-0.2, 0) is 12.8 Å². The lowest BCUT2D eigenvalue weighted by Gasteiger charge is -2.17. The van der Waals surface area contributed by atoms with E-state index >= 15 is 0 Å². The molecule has 1 aromatic rings. The van der Waals surface area contributed by atoms with Crippen LogP contribution >= 0.6 is 0 Å². The van der Waals surface area contributed by atoms with Crippen LogP contribution in [0.2, 0.25) is 0 Å². The Morgan fingerprint density at radius 2 is 1.84 bits per heavy atom. The molecule has 2 amide bonds. The molecule has 0 saturated carbocycles. The van der Waals surface area contributed by atoms with E-state index < -0.39 is 0 Å². The molecular formula is C15H24N2O2. The number of urea groups is 1. The highest BCUT2D eigenvalue weighted by molar-refractivity contribution is 5.91. The van der Waals surface area contributed by atoms with Gasteiger partial charge in [0.15, 0.2) is 0 Å². The van der Waals surface area contributed by atoms with Gasteiger partial charge in [-0.15, -0.1) is 0 Å². The van der Waals surface area contributed by atoms with Gasteiger partial charge in [-0.2, -0.15) is 0 Å². The van der Waals surface area contributed by atoms with Crippen LogP contribution in [0.25, 0.3) is 0 Å². The van der Waals surface area contributed by atoms with Gasteiger partial charge in [-0.3, -0.25) is 0 Å². The van der Waals surface area contributed by atoms with E-state index in [9.17, 15) is 4.79 Å². The molecule has 19 heavy (non-hydrogen) atoms. The Bertz CT molecular complexity index is 396. The highest BCUT2D eigenvalue weighted by atomic mass is 16.3. The zero-order valence-electron chi connectivity index (χ0n) is 12.0. The third kappa shape index (κ3) is 4.56. The Balaban J connectivity index is 2.77. The Kier molecular flexibility index (Phi) is 6.36. The highest BCUT2D eigenvalue weighted by Gasteiger charge is 2.11. The number of aliphatic hydroxyl groups is 1. The van der Waals surface area contributed by atoms with E-state index in [1.807, 2.05) is 25.1 Å². The normalized spacial score (nSPS) is 12.0. The number of aliphatic hydroxyl groups excluding tert-OH is 1. The molecule has 0 saturated heterocycles. The SMILES string of the molecule is CCc1cccc(CC)c1NC(=O)N[C@H](C)CCO. The minimum absolute atomic E-state index is 0.0381. The van der Waals surface area contributed by atoms with Crippen LogP contribution in [-0.4, -0.2) is 23.8 Å². The molecule has 0 radical (unpaired) electrons. The van der Waals surface area contributed by atoms with Gasteiger partial charge in [0.2, 0.25) is 0 Å². The number of rotatable bonds is 6. The molecule has 0 bridgehead atoms. The van der Waals surface area contributed by atoms with Gasteiger partial charge in [0.05, 0.1) is 0 Å². The fourth-order valence-corrected chi connectivity index (χ4v) is 2.04. The van der Waals surface area contributed by atoms with Crippen LogP contribution in [0.1, 0.15) is 38.3 Å². The van der Waals surface area contributed by atoms with Crippen molar-refractivity contribution in [2.45, 2.75) is 46.1 Å². The van der Waals surface area contributed by atoms with Gasteiger partial charge < -0.3 is 15.7 Å². The van der Waals surface area contributed by atoms with E-state index in [-0.39, 0.29) is 18.7 Å². The zero-order valence-corrected chi connectivity index (χ0v) is 12.0. The van der Waals surface area contributed by atoms with Crippen LogP contribution in [0.4, 0.5) is 10.5 Å². The molecule has 0 spiro atoms. The van der Waals surface area contributed by atoms with Crippen molar-refractivity contribution in [1.82, 2.24) is 5.32 Å². The smallest absolute Gasteiger partial charge is 0.319 e. The number of aryl methyl sites for hydroxylation is 2. The van der Waals surface area contributed by atoms with Gasteiger partial charge >= 0.3 is 6.03 Å². The Morgan fingerprint density at radius 1 is 1.26 bits per heavy atom. The lowest BCUT2D eigenvalue weighted by molar-refractivity contribution is 0.241. The number of benzene rings is 1. The predicted molar refractivity (Wildman–Crippen MR) is 78.5 cm³/mol. The second-order valence-electron chi connectivity index (χ2n) is 4.67.